The molecule has 0 saturated heterocycles. The van der Waals surface area contributed by atoms with Crippen molar-refractivity contribution < 1.29 is 0 Å². The zero-order chi connectivity index (χ0) is 11.4. The second kappa shape index (κ2) is 5.61. The molecule has 0 heterocycles. The Balaban J connectivity index is 2.41. The Kier molecular flexibility index (Phi) is 4.15. The van der Waals surface area contributed by atoms with Gasteiger partial charge in [-0.05, 0) is 30.8 Å². The average Bonchev–Trinajstić information content (AvgIpc) is 2.34. The molecule has 0 aromatic heterocycles. The van der Waals surface area contributed by atoms with Crippen LogP contribution in [0.3, 0.4) is 0 Å². The highest BCUT2D eigenvalue weighted by atomic mass is 79.9. The third-order valence-corrected chi connectivity index (χ3v) is 6.05. The molecule has 0 fully saturated rings. The molecule has 0 aliphatic rings. The minimum atomic E-state index is -0.216. The summed E-state index contributed by atoms with van der Waals surface area (Å²) in [5, 5.41) is 2.89. The van der Waals surface area contributed by atoms with Crippen LogP contribution >= 0.6 is 23.9 Å². The number of rotatable bonds is 3. The van der Waals surface area contributed by atoms with Gasteiger partial charge in [0.2, 0.25) is 0 Å². The minimum absolute atomic E-state index is 0.216. The van der Waals surface area contributed by atoms with Crippen LogP contribution in [0.4, 0.5) is 0 Å². The maximum Gasteiger partial charge on any atom is 0.0255 e. The summed E-state index contributed by atoms with van der Waals surface area (Å²) < 4.78 is 1.23. The highest BCUT2D eigenvalue weighted by molar-refractivity contribution is 9.10. The molecule has 1 atom stereocenters. The fourth-order valence-electron chi connectivity index (χ4n) is 1.77. The molecule has 0 bridgehead atoms. The van der Waals surface area contributed by atoms with Crippen molar-refractivity contribution in [3.8, 4) is 0 Å². The summed E-state index contributed by atoms with van der Waals surface area (Å²) in [5.74, 6) is 0. The van der Waals surface area contributed by atoms with Crippen molar-refractivity contribution in [3.63, 3.8) is 0 Å². The number of hydrogen-bond acceptors (Lipinski definition) is 0. The van der Waals surface area contributed by atoms with Gasteiger partial charge in [-0.2, -0.15) is 0 Å². The van der Waals surface area contributed by atoms with Gasteiger partial charge in [0.15, 0.2) is 0 Å². The Hall–Kier alpha value is -0.650. The molecule has 0 aliphatic carbocycles. The molecule has 0 amide bonds. The summed E-state index contributed by atoms with van der Waals surface area (Å²) in [6.07, 6.45) is 1.18. The molecule has 1 unspecified atom stereocenters. The van der Waals surface area contributed by atoms with Crippen LogP contribution in [-0.4, -0.2) is 6.16 Å². The van der Waals surface area contributed by atoms with Crippen LogP contribution in [0.25, 0.3) is 0 Å². The van der Waals surface area contributed by atoms with Gasteiger partial charge in [0, 0.05) is 4.47 Å². The fraction of sp³-hybridized carbons (Fsp3) is 0.143. The van der Waals surface area contributed by atoms with Gasteiger partial charge >= 0.3 is 0 Å². The third kappa shape index (κ3) is 2.53. The van der Waals surface area contributed by atoms with Crippen molar-refractivity contribution in [2.45, 2.75) is 6.92 Å². The van der Waals surface area contributed by atoms with Crippen LogP contribution in [0.2, 0.25) is 0 Å². The summed E-state index contributed by atoms with van der Waals surface area (Å²) in [6.45, 7) is 2.26. The van der Waals surface area contributed by atoms with Gasteiger partial charge in [0.25, 0.3) is 0 Å². The summed E-state index contributed by atoms with van der Waals surface area (Å²) in [7, 11) is -0.216. The lowest BCUT2D eigenvalue weighted by Gasteiger charge is -2.17. The van der Waals surface area contributed by atoms with E-state index in [1.807, 2.05) is 0 Å². The van der Waals surface area contributed by atoms with Gasteiger partial charge in [-0.25, -0.2) is 0 Å². The number of hydrogen-bond donors (Lipinski definition) is 0. The van der Waals surface area contributed by atoms with E-state index in [4.69, 9.17) is 0 Å². The molecule has 0 N–H and O–H groups in total. The molecular weight excluding hydrogens is 279 g/mol. The minimum Gasteiger partial charge on any atom is -0.0622 e. The summed E-state index contributed by atoms with van der Waals surface area (Å²) in [6, 6.07) is 19.3. The van der Waals surface area contributed by atoms with Crippen LogP contribution in [0.5, 0.6) is 0 Å². The van der Waals surface area contributed by atoms with Gasteiger partial charge in [-0.3, -0.25) is 0 Å². The summed E-state index contributed by atoms with van der Waals surface area (Å²) in [4.78, 5) is 0. The molecular formula is C14H14BrP. The van der Waals surface area contributed by atoms with Crippen LogP contribution in [0.15, 0.2) is 59.1 Å². The van der Waals surface area contributed by atoms with Gasteiger partial charge in [-0.15, -0.1) is 0 Å². The molecule has 82 valence electrons. The lowest BCUT2D eigenvalue weighted by molar-refractivity contribution is 1.50. The average molecular weight is 293 g/mol. The SMILES string of the molecule is CCP(c1ccccc1)c1ccccc1Br. The van der Waals surface area contributed by atoms with E-state index < -0.39 is 0 Å². The molecule has 0 saturated carbocycles. The molecule has 0 aliphatic heterocycles. The predicted molar refractivity (Wildman–Crippen MR) is 77.3 cm³/mol. The molecule has 2 heteroatoms. The van der Waals surface area contributed by atoms with E-state index in [-0.39, 0.29) is 7.92 Å². The largest absolute Gasteiger partial charge is 0.0622 e. The normalized spacial score (nSPS) is 12.4. The monoisotopic (exact) mass is 292 g/mol. The van der Waals surface area contributed by atoms with Crippen LogP contribution in [0.1, 0.15) is 6.92 Å². The zero-order valence-electron chi connectivity index (χ0n) is 9.23. The Morgan fingerprint density at radius 1 is 0.938 bits per heavy atom. The molecule has 0 spiro atoms. The second-order valence-corrected chi connectivity index (χ2v) is 6.87. The highest BCUT2D eigenvalue weighted by Gasteiger charge is 2.13. The van der Waals surface area contributed by atoms with Gasteiger partial charge in [0.1, 0.15) is 0 Å². The number of halogens is 1. The summed E-state index contributed by atoms with van der Waals surface area (Å²) in [5.41, 5.74) is 0. The van der Waals surface area contributed by atoms with E-state index in [9.17, 15) is 0 Å². The van der Waals surface area contributed by atoms with Crippen molar-refractivity contribution in [1.29, 1.82) is 0 Å². The Bertz CT molecular complexity index is 453. The zero-order valence-corrected chi connectivity index (χ0v) is 11.7. The van der Waals surface area contributed by atoms with Gasteiger partial charge < -0.3 is 0 Å². The smallest absolute Gasteiger partial charge is 0.0255 e. The number of benzene rings is 2. The van der Waals surface area contributed by atoms with Crippen LogP contribution < -0.4 is 10.6 Å². The maximum atomic E-state index is 3.65. The molecule has 0 radical (unpaired) electrons. The van der Waals surface area contributed by atoms with Gasteiger partial charge in [-0.1, -0.05) is 71.4 Å². The first-order chi connectivity index (χ1) is 7.83. The van der Waals surface area contributed by atoms with Crippen molar-refractivity contribution in [2.75, 3.05) is 6.16 Å². The third-order valence-electron chi connectivity index (χ3n) is 2.53. The van der Waals surface area contributed by atoms with E-state index in [1.165, 1.54) is 21.2 Å². The van der Waals surface area contributed by atoms with Crippen molar-refractivity contribution in [1.82, 2.24) is 0 Å². The topological polar surface area (TPSA) is 0 Å². The first-order valence-corrected chi connectivity index (χ1v) is 7.72. The highest BCUT2D eigenvalue weighted by Crippen LogP contribution is 2.35. The van der Waals surface area contributed by atoms with Crippen LogP contribution in [-0.2, 0) is 0 Å². The molecule has 0 nitrogen and oxygen atoms in total. The fourth-order valence-corrected chi connectivity index (χ4v) is 4.81. The van der Waals surface area contributed by atoms with E-state index in [2.05, 4.69) is 77.5 Å². The van der Waals surface area contributed by atoms with E-state index in [0.29, 0.717) is 0 Å². The predicted octanol–water partition coefficient (Wildman–Crippen LogP) is 3.90. The van der Waals surface area contributed by atoms with E-state index in [0.717, 1.165) is 0 Å². The molecule has 16 heavy (non-hydrogen) atoms. The maximum absolute atomic E-state index is 3.65. The van der Waals surface area contributed by atoms with Gasteiger partial charge in [0.05, 0.1) is 0 Å². The van der Waals surface area contributed by atoms with Crippen molar-refractivity contribution >= 4 is 34.5 Å². The first kappa shape index (κ1) is 11.8. The van der Waals surface area contributed by atoms with Crippen molar-refractivity contribution in [3.05, 3.63) is 59.1 Å². The van der Waals surface area contributed by atoms with E-state index in [1.54, 1.807) is 0 Å². The second-order valence-electron chi connectivity index (χ2n) is 3.53. The van der Waals surface area contributed by atoms with Crippen LogP contribution in [0, 0.1) is 0 Å². The lowest BCUT2D eigenvalue weighted by atomic mass is 10.4. The molecule has 2 aromatic carbocycles. The Morgan fingerprint density at radius 2 is 1.56 bits per heavy atom. The summed E-state index contributed by atoms with van der Waals surface area (Å²) >= 11 is 3.65. The quantitative estimate of drug-likeness (QED) is 0.753. The molecule has 2 rings (SSSR count). The molecule has 2 aromatic rings. The lowest BCUT2D eigenvalue weighted by Crippen LogP contribution is -2.13. The van der Waals surface area contributed by atoms with Crippen molar-refractivity contribution in [2.24, 2.45) is 0 Å². The first-order valence-electron chi connectivity index (χ1n) is 5.40. The Labute approximate surface area is 107 Å². The van der Waals surface area contributed by atoms with E-state index >= 15 is 0 Å². The standard InChI is InChI=1S/C14H14BrP/c1-2-16(12-8-4-3-5-9-12)14-11-7-6-10-13(14)15/h3-11H,2H2,1H3. The Morgan fingerprint density at radius 3 is 2.19 bits per heavy atom.